The van der Waals surface area contributed by atoms with Gasteiger partial charge in [0.05, 0.1) is 10.6 Å². The van der Waals surface area contributed by atoms with E-state index in [1.165, 1.54) is 17.1 Å². The van der Waals surface area contributed by atoms with Gasteiger partial charge in [-0.2, -0.15) is 0 Å². The van der Waals surface area contributed by atoms with Gasteiger partial charge in [0.15, 0.2) is 0 Å². The molecular formula is C28H30N2O4S. The van der Waals surface area contributed by atoms with Gasteiger partial charge in [-0.25, -0.2) is 8.42 Å². The molecule has 0 aromatic heterocycles. The summed E-state index contributed by atoms with van der Waals surface area (Å²) in [6.07, 6.45) is 4.54. The van der Waals surface area contributed by atoms with Crippen LogP contribution in [0.3, 0.4) is 0 Å². The number of para-hydroxylation sites is 1. The topological polar surface area (TPSA) is 75.7 Å². The van der Waals surface area contributed by atoms with Crippen LogP contribution >= 0.6 is 0 Å². The highest BCUT2D eigenvalue weighted by Crippen LogP contribution is 2.44. The Balaban J connectivity index is 1.39. The van der Waals surface area contributed by atoms with Crippen LogP contribution in [0.1, 0.15) is 31.2 Å². The monoisotopic (exact) mass is 490 g/mol. The van der Waals surface area contributed by atoms with Crippen molar-refractivity contribution in [1.29, 1.82) is 0 Å². The van der Waals surface area contributed by atoms with E-state index >= 15 is 0 Å². The number of benzene rings is 3. The standard InChI is InChI=1S/C28H30N2O4S/c1-20-7-15-26(16-8-20)35(32,33)30(19-28(31)29-27-18-21-9-10-22(27)17-21)23-11-13-25(14-12-23)34-24-5-3-2-4-6-24/h2-8,11-16,21-22,27H,9-10,17-19H2,1H3,(H,29,31). The molecule has 3 aromatic carbocycles. The Morgan fingerprint density at radius 1 is 0.914 bits per heavy atom. The number of nitrogens with zero attached hydrogens (tertiary/aromatic N) is 1. The quantitative estimate of drug-likeness (QED) is 0.466. The predicted molar refractivity (Wildman–Crippen MR) is 136 cm³/mol. The maximum absolute atomic E-state index is 13.6. The third-order valence-corrected chi connectivity index (χ3v) is 8.87. The summed E-state index contributed by atoms with van der Waals surface area (Å²) >= 11 is 0. The van der Waals surface area contributed by atoms with Crippen LogP contribution in [0, 0.1) is 18.8 Å². The second-order valence-electron chi connectivity index (χ2n) is 9.58. The molecule has 7 heteroatoms. The summed E-state index contributed by atoms with van der Waals surface area (Å²) in [5.74, 6) is 2.20. The smallest absolute Gasteiger partial charge is 0.264 e. The molecule has 0 saturated heterocycles. The van der Waals surface area contributed by atoms with Crippen molar-refractivity contribution in [2.45, 2.75) is 43.5 Å². The number of fused-ring (bicyclic) bond motifs is 2. The molecule has 0 radical (unpaired) electrons. The first kappa shape index (κ1) is 23.4. The molecule has 0 aliphatic heterocycles. The molecule has 35 heavy (non-hydrogen) atoms. The molecule has 0 spiro atoms. The van der Waals surface area contributed by atoms with Crippen molar-refractivity contribution < 1.29 is 17.9 Å². The molecule has 182 valence electrons. The van der Waals surface area contributed by atoms with E-state index in [-0.39, 0.29) is 23.4 Å². The maximum Gasteiger partial charge on any atom is 0.264 e. The Labute approximate surface area is 207 Å². The number of aryl methyl sites for hydroxylation is 1. The van der Waals surface area contributed by atoms with Gasteiger partial charge in [0, 0.05) is 6.04 Å². The van der Waals surface area contributed by atoms with Gasteiger partial charge < -0.3 is 10.1 Å². The summed E-state index contributed by atoms with van der Waals surface area (Å²) in [5.41, 5.74) is 1.38. The van der Waals surface area contributed by atoms with Crippen LogP contribution in [0.5, 0.6) is 11.5 Å². The molecule has 0 heterocycles. The fourth-order valence-electron chi connectivity index (χ4n) is 5.26. The van der Waals surface area contributed by atoms with Crippen LogP contribution in [-0.4, -0.2) is 26.9 Å². The summed E-state index contributed by atoms with van der Waals surface area (Å²) in [6, 6.07) is 23.0. The molecule has 5 rings (SSSR count). The van der Waals surface area contributed by atoms with E-state index in [0.29, 0.717) is 29.0 Å². The van der Waals surface area contributed by atoms with E-state index in [1.54, 1.807) is 48.5 Å². The zero-order chi connectivity index (χ0) is 24.4. The highest BCUT2D eigenvalue weighted by Gasteiger charge is 2.40. The van der Waals surface area contributed by atoms with Crippen molar-refractivity contribution >= 4 is 21.6 Å². The van der Waals surface area contributed by atoms with E-state index in [0.717, 1.165) is 18.4 Å². The molecule has 3 aromatic rings. The van der Waals surface area contributed by atoms with Gasteiger partial charge >= 0.3 is 0 Å². The first-order chi connectivity index (χ1) is 16.9. The molecule has 6 nitrogen and oxygen atoms in total. The summed E-state index contributed by atoms with van der Waals surface area (Å²) in [6.45, 7) is 1.63. The summed E-state index contributed by atoms with van der Waals surface area (Å²) in [4.78, 5) is 13.2. The average Bonchev–Trinajstić information content (AvgIpc) is 3.47. The molecule has 1 amide bonds. The number of carbonyl (C=O) groups is 1. The SMILES string of the molecule is Cc1ccc(S(=O)(=O)N(CC(=O)NC2CC3CCC2C3)c2ccc(Oc3ccccc3)cc2)cc1. The molecule has 3 unspecified atom stereocenters. The second-order valence-corrected chi connectivity index (χ2v) is 11.4. The van der Waals surface area contributed by atoms with Crippen molar-refractivity contribution in [3.05, 3.63) is 84.4 Å². The van der Waals surface area contributed by atoms with Crippen molar-refractivity contribution in [2.75, 3.05) is 10.8 Å². The van der Waals surface area contributed by atoms with Gasteiger partial charge in [-0.3, -0.25) is 9.10 Å². The second kappa shape index (κ2) is 9.74. The number of sulfonamides is 1. The van der Waals surface area contributed by atoms with Crippen LogP contribution in [0.15, 0.2) is 83.8 Å². The normalized spacial score (nSPS) is 21.0. The number of carbonyl (C=O) groups excluding carboxylic acids is 1. The van der Waals surface area contributed by atoms with Gasteiger partial charge in [-0.1, -0.05) is 42.3 Å². The van der Waals surface area contributed by atoms with Crippen LogP contribution < -0.4 is 14.4 Å². The lowest BCUT2D eigenvalue weighted by molar-refractivity contribution is -0.120. The molecule has 2 saturated carbocycles. The number of nitrogens with one attached hydrogen (secondary N) is 1. The van der Waals surface area contributed by atoms with E-state index in [1.807, 2.05) is 37.3 Å². The number of ether oxygens (including phenoxy) is 1. The largest absolute Gasteiger partial charge is 0.457 e. The Kier molecular flexibility index (Phi) is 6.52. The summed E-state index contributed by atoms with van der Waals surface area (Å²) < 4.78 is 34.3. The van der Waals surface area contributed by atoms with Gasteiger partial charge in [-0.15, -0.1) is 0 Å². The minimum atomic E-state index is -3.95. The van der Waals surface area contributed by atoms with E-state index in [4.69, 9.17) is 4.74 Å². The molecule has 3 atom stereocenters. The lowest BCUT2D eigenvalue weighted by atomic mass is 9.95. The zero-order valence-corrected chi connectivity index (χ0v) is 20.6. The average molecular weight is 491 g/mol. The fourth-order valence-corrected chi connectivity index (χ4v) is 6.68. The molecule has 2 fully saturated rings. The number of anilines is 1. The van der Waals surface area contributed by atoms with Gasteiger partial charge in [0.1, 0.15) is 18.0 Å². The zero-order valence-electron chi connectivity index (χ0n) is 19.8. The molecule has 2 aliphatic carbocycles. The first-order valence-corrected chi connectivity index (χ1v) is 13.5. The summed E-state index contributed by atoms with van der Waals surface area (Å²) in [7, 11) is -3.95. The third-order valence-electron chi connectivity index (χ3n) is 7.08. The van der Waals surface area contributed by atoms with Crippen LogP contribution in [-0.2, 0) is 14.8 Å². The van der Waals surface area contributed by atoms with E-state index < -0.39 is 10.0 Å². The highest BCUT2D eigenvalue weighted by molar-refractivity contribution is 7.92. The number of hydrogen-bond donors (Lipinski definition) is 1. The summed E-state index contributed by atoms with van der Waals surface area (Å²) in [5, 5.41) is 3.12. The highest BCUT2D eigenvalue weighted by atomic mass is 32.2. The number of rotatable bonds is 8. The van der Waals surface area contributed by atoms with Crippen molar-refractivity contribution in [2.24, 2.45) is 11.8 Å². The van der Waals surface area contributed by atoms with Crippen molar-refractivity contribution in [3.63, 3.8) is 0 Å². The maximum atomic E-state index is 13.6. The first-order valence-electron chi connectivity index (χ1n) is 12.1. The predicted octanol–water partition coefficient (Wildman–Crippen LogP) is 5.29. The molecular weight excluding hydrogens is 460 g/mol. The molecule has 1 N–H and O–H groups in total. The van der Waals surface area contributed by atoms with Crippen LogP contribution in [0.2, 0.25) is 0 Å². The molecule has 2 bridgehead atoms. The number of amides is 1. The van der Waals surface area contributed by atoms with Crippen LogP contribution in [0.25, 0.3) is 0 Å². The minimum absolute atomic E-state index is 0.145. The van der Waals surface area contributed by atoms with E-state index in [9.17, 15) is 13.2 Å². The lowest BCUT2D eigenvalue weighted by Crippen LogP contribution is -2.45. The Morgan fingerprint density at radius 3 is 2.23 bits per heavy atom. The van der Waals surface area contributed by atoms with Crippen molar-refractivity contribution in [1.82, 2.24) is 5.32 Å². The lowest BCUT2D eigenvalue weighted by Gasteiger charge is -2.27. The van der Waals surface area contributed by atoms with E-state index in [2.05, 4.69) is 5.32 Å². The van der Waals surface area contributed by atoms with Gasteiger partial charge in [-0.05, 0) is 86.6 Å². The minimum Gasteiger partial charge on any atom is -0.457 e. The third kappa shape index (κ3) is 5.20. The molecule has 2 aliphatic rings. The van der Waals surface area contributed by atoms with Crippen LogP contribution in [0.4, 0.5) is 5.69 Å². The van der Waals surface area contributed by atoms with Gasteiger partial charge in [0.2, 0.25) is 5.91 Å². The van der Waals surface area contributed by atoms with Crippen molar-refractivity contribution in [3.8, 4) is 11.5 Å². The van der Waals surface area contributed by atoms with Gasteiger partial charge in [0.25, 0.3) is 10.0 Å². The number of hydrogen-bond acceptors (Lipinski definition) is 4. The Hall–Kier alpha value is -3.32. The Morgan fingerprint density at radius 2 is 1.60 bits per heavy atom. The fraction of sp³-hybridized carbons (Fsp3) is 0.321. The Bertz CT molecular complexity index is 1270.